The Balaban J connectivity index is 2.40. The van der Waals surface area contributed by atoms with Crippen LogP contribution in [0.3, 0.4) is 0 Å². The normalized spacial score (nSPS) is 12.3. The second-order valence-electron chi connectivity index (χ2n) is 3.79. The average Bonchev–Trinajstić information content (AvgIpc) is 2.37. The van der Waals surface area contributed by atoms with Gasteiger partial charge in [-0.3, -0.25) is 4.79 Å². The Kier molecular flexibility index (Phi) is 6.05. The molecule has 1 amide bonds. The summed E-state index contributed by atoms with van der Waals surface area (Å²) in [7, 11) is 0. The minimum atomic E-state index is -1.46. The van der Waals surface area contributed by atoms with Gasteiger partial charge < -0.3 is 15.5 Å². The Hall–Kier alpha value is -1.85. The van der Waals surface area contributed by atoms with Gasteiger partial charge in [-0.25, -0.2) is 4.79 Å². The first-order valence-electron chi connectivity index (χ1n) is 5.62. The molecule has 0 fully saturated rings. The van der Waals surface area contributed by atoms with Crippen LogP contribution in [0.5, 0.6) is 0 Å². The monoisotopic (exact) mass is 283 g/mol. The first-order valence-corrected chi connectivity index (χ1v) is 6.00. The van der Waals surface area contributed by atoms with Gasteiger partial charge in [-0.15, -0.1) is 0 Å². The predicted molar refractivity (Wildman–Crippen MR) is 71.8 cm³/mol. The molecule has 0 aliphatic heterocycles. The molecular weight excluding hydrogens is 270 g/mol. The maximum Gasteiger partial charge on any atom is 0.332 e. The predicted octanol–water partition coefficient (Wildman–Crippen LogP) is 1.31. The van der Waals surface area contributed by atoms with Crippen LogP contribution in [0.4, 0.5) is 0 Å². The van der Waals surface area contributed by atoms with Crippen molar-refractivity contribution in [2.45, 2.75) is 12.5 Å². The standard InChI is InChI=1S/C13H14ClNO4/c14-10-4-2-1-3-9(10)5-6-12(17)15-8-7-11(16)13(18)19/h1-6,11,16H,7-8H2,(H,15,17)(H,18,19)/b6-5+. The third-order valence-electron chi connectivity index (χ3n) is 2.32. The van der Waals surface area contributed by atoms with Crippen LogP contribution in [-0.4, -0.2) is 34.7 Å². The zero-order valence-corrected chi connectivity index (χ0v) is 10.8. The third kappa shape index (κ3) is 5.54. The summed E-state index contributed by atoms with van der Waals surface area (Å²) in [4.78, 5) is 21.7. The molecule has 1 rings (SSSR count). The largest absolute Gasteiger partial charge is 0.479 e. The molecule has 0 radical (unpaired) electrons. The van der Waals surface area contributed by atoms with E-state index < -0.39 is 12.1 Å². The molecule has 6 heteroatoms. The highest BCUT2D eigenvalue weighted by atomic mass is 35.5. The first kappa shape index (κ1) is 15.2. The molecular formula is C13H14ClNO4. The van der Waals surface area contributed by atoms with E-state index in [0.717, 1.165) is 0 Å². The van der Waals surface area contributed by atoms with Gasteiger partial charge in [0.1, 0.15) is 0 Å². The zero-order chi connectivity index (χ0) is 14.3. The van der Waals surface area contributed by atoms with Gasteiger partial charge >= 0.3 is 5.97 Å². The molecule has 0 aliphatic carbocycles. The summed E-state index contributed by atoms with van der Waals surface area (Å²) in [6.07, 6.45) is 1.36. The quantitative estimate of drug-likeness (QED) is 0.687. The van der Waals surface area contributed by atoms with Crippen molar-refractivity contribution in [3.8, 4) is 0 Å². The highest BCUT2D eigenvalue weighted by Gasteiger charge is 2.12. The number of rotatable bonds is 6. The molecule has 1 unspecified atom stereocenters. The summed E-state index contributed by atoms with van der Waals surface area (Å²) in [5, 5.41) is 20.4. The molecule has 3 N–H and O–H groups in total. The minimum absolute atomic E-state index is 0.0407. The number of aliphatic carboxylic acids is 1. The highest BCUT2D eigenvalue weighted by molar-refractivity contribution is 6.32. The van der Waals surface area contributed by atoms with Gasteiger partial charge in [0.15, 0.2) is 6.10 Å². The second kappa shape index (κ2) is 7.56. The van der Waals surface area contributed by atoms with Crippen molar-refractivity contribution in [2.75, 3.05) is 6.54 Å². The van der Waals surface area contributed by atoms with Crippen molar-refractivity contribution in [1.82, 2.24) is 5.32 Å². The summed E-state index contributed by atoms with van der Waals surface area (Å²) in [5.41, 5.74) is 0.713. The van der Waals surface area contributed by atoms with E-state index >= 15 is 0 Å². The van der Waals surface area contributed by atoms with Crippen molar-refractivity contribution in [3.63, 3.8) is 0 Å². The zero-order valence-electron chi connectivity index (χ0n) is 10.0. The number of hydrogen-bond acceptors (Lipinski definition) is 3. The molecule has 1 atom stereocenters. The van der Waals surface area contributed by atoms with Gasteiger partial charge in [-0.2, -0.15) is 0 Å². The smallest absolute Gasteiger partial charge is 0.332 e. The van der Waals surface area contributed by atoms with E-state index in [1.165, 1.54) is 6.08 Å². The number of carbonyl (C=O) groups excluding carboxylic acids is 1. The summed E-state index contributed by atoms with van der Waals surface area (Å²) in [6, 6.07) is 7.06. The van der Waals surface area contributed by atoms with E-state index in [2.05, 4.69) is 5.32 Å². The van der Waals surface area contributed by atoms with Crippen LogP contribution in [0.1, 0.15) is 12.0 Å². The highest BCUT2D eigenvalue weighted by Crippen LogP contribution is 2.15. The van der Waals surface area contributed by atoms with Crippen molar-refractivity contribution in [1.29, 1.82) is 0 Å². The number of nitrogens with one attached hydrogen (secondary N) is 1. The Morgan fingerprint density at radius 3 is 2.68 bits per heavy atom. The lowest BCUT2D eigenvalue weighted by Crippen LogP contribution is -2.28. The van der Waals surface area contributed by atoms with Crippen LogP contribution in [0, 0.1) is 0 Å². The fourth-order valence-corrected chi connectivity index (χ4v) is 1.49. The van der Waals surface area contributed by atoms with Gasteiger partial charge in [0.25, 0.3) is 0 Å². The topological polar surface area (TPSA) is 86.6 Å². The van der Waals surface area contributed by atoms with Crippen LogP contribution in [0.15, 0.2) is 30.3 Å². The Labute approximate surface area is 115 Å². The number of carbonyl (C=O) groups is 2. The molecule has 0 heterocycles. The fraction of sp³-hybridized carbons (Fsp3) is 0.231. The molecule has 102 valence electrons. The molecule has 0 saturated heterocycles. The number of halogens is 1. The average molecular weight is 284 g/mol. The number of carboxylic acid groups (broad SMARTS) is 1. The SMILES string of the molecule is O=C(/C=C/c1ccccc1Cl)NCCC(O)C(=O)O. The molecule has 5 nitrogen and oxygen atoms in total. The van der Waals surface area contributed by atoms with Crippen molar-refractivity contribution in [3.05, 3.63) is 40.9 Å². The third-order valence-corrected chi connectivity index (χ3v) is 2.67. The van der Waals surface area contributed by atoms with Gasteiger partial charge in [-0.05, 0) is 17.7 Å². The maximum absolute atomic E-state index is 11.4. The summed E-state index contributed by atoms with van der Waals surface area (Å²) >= 11 is 5.91. The van der Waals surface area contributed by atoms with Gasteiger partial charge in [0.05, 0.1) is 0 Å². The molecule has 0 bridgehead atoms. The van der Waals surface area contributed by atoms with E-state index in [4.69, 9.17) is 21.8 Å². The van der Waals surface area contributed by atoms with E-state index in [0.29, 0.717) is 10.6 Å². The lowest BCUT2D eigenvalue weighted by Gasteiger charge is -2.05. The van der Waals surface area contributed by atoms with Crippen LogP contribution in [0.2, 0.25) is 5.02 Å². The van der Waals surface area contributed by atoms with Crippen LogP contribution >= 0.6 is 11.6 Å². The number of aliphatic hydroxyl groups excluding tert-OH is 1. The van der Waals surface area contributed by atoms with Gasteiger partial charge in [0.2, 0.25) is 5.91 Å². The molecule has 0 spiro atoms. The Bertz CT molecular complexity index is 487. The van der Waals surface area contributed by atoms with Crippen molar-refractivity contribution < 1.29 is 19.8 Å². The second-order valence-corrected chi connectivity index (χ2v) is 4.20. The van der Waals surface area contributed by atoms with Crippen LogP contribution in [0.25, 0.3) is 6.08 Å². The first-order chi connectivity index (χ1) is 9.00. The summed E-state index contributed by atoms with van der Waals surface area (Å²) in [6.45, 7) is 0.0825. The van der Waals surface area contributed by atoms with Gasteiger partial charge in [0, 0.05) is 24.1 Å². The van der Waals surface area contributed by atoms with E-state index in [1.807, 2.05) is 0 Å². The van der Waals surface area contributed by atoms with Crippen LogP contribution in [-0.2, 0) is 9.59 Å². The van der Waals surface area contributed by atoms with E-state index in [1.54, 1.807) is 30.3 Å². The number of benzene rings is 1. The molecule has 0 saturated carbocycles. The molecule has 1 aromatic carbocycles. The van der Waals surface area contributed by atoms with Gasteiger partial charge in [-0.1, -0.05) is 29.8 Å². The van der Waals surface area contributed by atoms with Crippen molar-refractivity contribution >= 4 is 29.6 Å². The molecule has 1 aromatic rings. The van der Waals surface area contributed by atoms with Crippen LogP contribution < -0.4 is 5.32 Å². The van der Waals surface area contributed by atoms with E-state index in [9.17, 15) is 9.59 Å². The Morgan fingerprint density at radius 1 is 1.37 bits per heavy atom. The summed E-state index contributed by atoms with van der Waals surface area (Å²) < 4.78 is 0. The number of amides is 1. The number of hydrogen-bond donors (Lipinski definition) is 3. The van der Waals surface area contributed by atoms with Crippen molar-refractivity contribution in [2.24, 2.45) is 0 Å². The summed E-state index contributed by atoms with van der Waals surface area (Å²) in [5.74, 6) is -1.68. The lowest BCUT2D eigenvalue weighted by molar-refractivity contribution is -0.147. The fourth-order valence-electron chi connectivity index (χ4n) is 1.29. The Morgan fingerprint density at radius 2 is 2.05 bits per heavy atom. The number of carboxylic acids is 1. The number of aliphatic hydroxyl groups is 1. The maximum atomic E-state index is 11.4. The molecule has 19 heavy (non-hydrogen) atoms. The lowest BCUT2D eigenvalue weighted by atomic mass is 10.2. The molecule has 0 aromatic heterocycles. The van der Waals surface area contributed by atoms with E-state index in [-0.39, 0.29) is 18.9 Å². The minimum Gasteiger partial charge on any atom is -0.479 e. The molecule has 0 aliphatic rings.